The van der Waals surface area contributed by atoms with E-state index >= 15 is 0 Å². The lowest BCUT2D eigenvalue weighted by molar-refractivity contribution is -0.121. The van der Waals surface area contributed by atoms with Crippen molar-refractivity contribution in [1.29, 1.82) is 0 Å². The molecule has 0 aliphatic rings. The summed E-state index contributed by atoms with van der Waals surface area (Å²) in [6.07, 6.45) is 19.7. The first kappa shape index (κ1) is 33.3. The lowest BCUT2D eigenvalue weighted by atomic mass is 9.85. The molecule has 0 bridgehead atoms. The van der Waals surface area contributed by atoms with Gasteiger partial charge in [0, 0.05) is 13.0 Å². The topological polar surface area (TPSA) is 92.7 Å². The second-order valence-corrected chi connectivity index (χ2v) is 11.9. The van der Waals surface area contributed by atoms with Crippen molar-refractivity contribution in [2.75, 3.05) is 6.54 Å². The highest BCUT2D eigenvalue weighted by Gasteiger charge is 2.33. The predicted molar refractivity (Wildman–Crippen MR) is 142 cm³/mol. The maximum atomic E-state index is 12.0. The molecule has 204 valence electrons. The number of unbranched alkanes of at least 4 members (excludes halogenated alkanes) is 11. The third-order valence-corrected chi connectivity index (χ3v) is 7.42. The first-order valence-corrected chi connectivity index (χ1v) is 15.3. The minimum atomic E-state index is -4.48. The molecule has 2 N–H and O–H groups in total. The van der Waals surface area contributed by atoms with Gasteiger partial charge in [0.05, 0.1) is 5.60 Å². The van der Waals surface area contributed by atoms with E-state index in [2.05, 4.69) is 19.2 Å². The molecule has 1 unspecified atom stereocenters. The number of hydrogen-bond donors (Lipinski definition) is 2. The molecule has 34 heavy (non-hydrogen) atoms. The van der Waals surface area contributed by atoms with Crippen molar-refractivity contribution in [2.24, 2.45) is 11.8 Å². The molecule has 0 saturated carbocycles. The van der Waals surface area contributed by atoms with Gasteiger partial charge in [-0.3, -0.25) is 9.35 Å². The molecule has 0 saturated heterocycles. The van der Waals surface area contributed by atoms with E-state index in [0.717, 1.165) is 38.0 Å². The molecule has 0 aromatic rings. The van der Waals surface area contributed by atoms with Crippen LogP contribution in [-0.4, -0.2) is 31.0 Å². The number of carbonyl (C=O) groups excluding carboxylic acids is 1. The zero-order valence-electron chi connectivity index (χ0n) is 22.9. The maximum Gasteiger partial charge on any atom is 0.397 e. The highest BCUT2D eigenvalue weighted by Crippen LogP contribution is 2.29. The van der Waals surface area contributed by atoms with Crippen LogP contribution < -0.4 is 5.32 Å². The van der Waals surface area contributed by atoms with E-state index in [0.29, 0.717) is 13.0 Å². The van der Waals surface area contributed by atoms with Crippen LogP contribution in [0.4, 0.5) is 0 Å². The molecule has 0 aliphatic heterocycles. The summed E-state index contributed by atoms with van der Waals surface area (Å²) in [6, 6.07) is 0. The smallest absolute Gasteiger partial charge is 0.356 e. The van der Waals surface area contributed by atoms with Gasteiger partial charge in [-0.05, 0) is 44.9 Å². The average Bonchev–Trinajstić information content (AvgIpc) is 2.71. The van der Waals surface area contributed by atoms with Crippen molar-refractivity contribution in [3.05, 3.63) is 0 Å². The highest BCUT2D eigenvalue weighted by atomic mass is 32.3. The Morgan fingerprint density at radius 3 is 1.74 bits per heavy atom. The van der Waals surface area contributed by atoms with Crippen LogP contribution in [0.3, 0.4) is 0 Å². The zero-order chi connectivity index (χ0) is 25.9. The summed E-state index contributed by atoms with van der Waals surface area (Å²) in [5.41, 5.74) is -0.973. The van der Waals surface area contributed by atoms with Gasteiger partial charge in [-0.15, -0.1) is 0 Å². The Morgan fingerprint density at radius 2 is 1.29 bits per heavy atom. The van der Waals surface area contributed by atoms with Crippen molar-refractivity contribution in [2.45, 2.75) is 149 Å². The molecule has 6 nitrogen and oxygen atoms in total. The summed E-state index contributed by atoms with van der Waals surface area (Å²) in [5.74, 6) is 0.910. The van der Waals surface area contributed by atoms with E-state index in [1.54, 1.807) is 13.8 Å². The van der Waals surface area contributed by atoms with Crippen molar-refractivity contribution < 1.29 is 21.9 Å². The SMILES string of the molecule is CCC(CCCNC(=O)CCCCCCCCCCCCCCC(C)C)C(C)(C)OS(=O)(=O)O. The standard InChI is InChI=1S/C27H55NO5S/c1-6-25(27(4,5)33-34(30,31)32)21-19-23-28-26(29)22-18-16-14-12-10-8-7-9-11-13-15-17-20-24(2)3/h24-25H,6-23H2,1-5H3,(H,28,29)(H,30,31,32). The second kappa shape index (κ2) is 19.5. The molecule has 0 fully saturated rings. The minimum absolute atomic E-state index is 0.0268. The Bertz CT molecular complexity index is 604. The van der Waals surface area contributed by atoms with Crippen molar-refractivity contribution in [3.8, 4) is 0 Å². The molecule has 1 atom stereocenters. The molecule has 0 aromatic heterocycles. The van der Waals surface area contributed by atoms with Gasteiger partial charge in [0.1, 0.15) is 0 Å². The lowest BCUT2D eigenvalue weighted by Gasteiger charge is -2.32. The zero-order valence-corrected chi connectivity index (χ0v) is 23.7. The third kappa shape index (κ3) is 20.7. The summed E-state index contributed by atoms with van der Waals surface area (Å²) < 4.78 is 35.9. The van der Waals surface area contributed by atoms with Crippen molar-refractivity contribution in [3.63, 3.8) is 0 Å². The first-order valence-electron chi connectivity index (χ1n) is 13.9. The molecule has 1 amide bonds. The van der Waals surface area contributed by atoms with Crippen molar-refractivity contribution in [1.82, 2.24) is 5.32 Å². The Hall–Kier alpha value is -0.660. The van der Waals surface area contributed by atoms with E-state index < -0.39 is 16.0 Å². The molecule has 0 aliphatic carbocycles. The monoisotopic (exact) mass is 505 g/mol. The summed E-state index contributed by atoms with van der Waals surface area (Å²) in [7, 11) is -4.48. The van der Waals surface area contributed by atoms with Crippen LogP contribution in [0.5, 0.6) is 0 Å². The Morgan fingerprint density at radius 1 is 0.824 bits per heavy atom. The molecule has 0 aromatic carbocycles. The summed E-state index contributed by atoms with van der Waals surface area (Å²) >= 11 is 0. The first-order chi connectivity index (χ1) is 16.0. The molecule has 7 heteroatoms. The van der Waals surface area contributed by atoms with Gasteiger partial charge in [-0.1, -0.05) is 104 Å². The molecular formula is C27H55NO5S. The van der Waals surface area contributed by atoms with Crippen LogP contribution in [0.2, 0.25) is 0 Å². The lowest BCUT2D eigenvalue weighted by Crippen LogP contribution is -2.37. The Kier molecular flexibility index (Phi) is 19.1. The molecule has 0 rings (SSSR count). The second-order valence-electron chi connectivity index (χ2n) is 10.9. The van der Waals surface area contributed by atoms with Crippen LogP contribution >= 0.6 is 0 Å². The highest BCUT2D eigenvalue weighted by molar-refractivity contribution is 7.80. The van der Waals surface area contributed by atoms with Crippen LogP contribution in [0.15, 0.2) is 0 Å². The Labute approximate surface area is 211 Å². The number of carbonyl (C=O) groups is 1. The fraction of sp³-hybridized carbons (Fsp3) is 0.963. The fourth-order valence-electron chi connectivity index (χ4n) is 4.65. The largest absolute Gasteiger partial charge is 0.397 e. The molecule has 0 radical (unpaired) electrons. The van der Waals surface area contributed by atoms with Gasteiger partial charge in [-0.2, -0.15) is 8.42 Å². The fourth-order valence-corrected chi connectivity index (χ4v) is 5.33. The third-order valence-electron chi connectivity index (χ3n) is 6.78. The summed E-state index contributed by atoms with van der Waals surface area (Å²) in [4.78, 5) is 12.0. The van der Waals surface area contributed by atoms with Gasteiger partial charge in [-0.25, -0.2) is 4.18 Å². The van der Waals surface area contributed by atoms with E-state index in [-0.39, 0.29) is 11.8 Å². The number of nitrogens with one attached hydrogen (secondary N) is 1. The van der Waals surface area contributed by atoms with Gasteiger partial charge in [0.15, 0.2) is 0 Å². The summed E-state index contributed by atoms with van der Waals surface area (Å²) in [5, 5.41) is 2.96. The van der Waals surface area contributed by atoms with E-state index in [4.69, 9.17) is 8.74 Å². The van der Waals surface area contributed by atoms with E-state index in [9.17, 15) is 13.2 Å². The molecule has 0 heterocycles. The summed E-state index contributed by atoms with van der Waals surface area (Å²) in [6.45, 7) is 10.5. The van der Waals surface area contributed by atoms with Gasteiger partial charge in [0.25, 0.3) is 0 Å². The normalized spacial score (nSPS) is 13.4. The molecule has 0 spiro atoms. The number of rotatable bonds is 23. The maximum absolute atomic E-state index is 12.0. The molecular weight excluding hydrogens is 450 g/mol. The minimum Gasteiger partial charge on any atom is -0.356 e. The van der Waals surface area contributed by atoms with Crippen LogP contribution in [0.25, 0.3) is 0 Å². The van der Waals surface area contributed by atoms with E-state index in [1.807, 2.05) is 6.92 Å². The van der Waals surface area contributed by atoms with Gasteiger partial charge >= 0.3 is 10.4 Å². The Balaban J connectivity index is 3.59. The number of hydrogen-bond acceptors (Lipinski definition) is 4. The van der Waals surface area contributed by atoms with Crippen LogP contribution in [-0.2, 0) is 19.4 Å². The van der Waals surface area contributed by atoms with Gasteiger partial charge in [0.2, 0.25) is 5.91 Å². The quantitative estimate of drug-likeness (QED) is 0.110. The average molecular weight is 506 g/mol. The van der Waals surface area contributed by atoms with Crippen LogP contribution in [0.1, 0.15) is 144 Å². The van der Waals surface area contributed by atoms with Crippen LogP contribution in [0, 0.1) is 11.8 Å². The van der Waals surface area contributed by atoms with Crippen molar-refractivity contribution >= 4 is 16.3 Å². The number of amides is 1. The predicted octanol–water partition coefficient (Wildman–Crippen LogP) is 7.62. The van der Waals surface area contributed by atoms with E-state index in [1.165, 1.54) is 70.6 Å². The van der Waals surface area contributed by atoms with Gasteiger partial charge < -0.3 is 5.32 Å².